The molecule has 5 heteroatoms. The van der Waals surface area contributed by atoms with Crippen LogP contribution in [0.15, 0.2) is 54.6 Å². The van der Waals surface area contributed by atoms with Crippen LogP contribution >= 0.6 is 0 Å². The molecule has 0 fully saturated rings. The van der Waals surface area contributed by atoms with E-state index in [0.717, 1.165) is 11.3 Å². The van der Waals surface area contributed by atoms with Gasteiger partial charge in [0, 0.05) is 6.08 Å². The number of ether oxygens (including phenoxy) is 2. The van der Waals surface area contributed by atoms with E-state index in [1.165, 1.54) is 18.7 Å². The van der Waals surface area contributed by atoms with E-state index in [1.807, 2.05) is 31.2 Å². The lowest BCUT2D eigenvalue weighted by atomic mass is 10.1. The lowest BCUT2D eigenvalue weighted by Gasteiger charge is -2.06. The smallest absolute Gasteiger partial charge is 0.337 e. The van der Waals surface area contributed by atoms with Crippen LogP contribution < -0.4 is 10.1 Å². The van der Waals surface area contributed by atoms with Crippen LogP contribution in [0, 0.1) is 6.92 Å². The predicted molar refractivity (Wildman–Crippen MR) is 96.5 cm³/mol. The van der Waals surface area contributed by atoms with Gasteiger partial charge in [0.2, 0.25) is 5.91 Å². The van der Waals surface area contributed by atoms with Crippen molar-refractivity contribution in [3.63, 3.8) is 0 Å². The number of hydrogen-bond donors (Lipinski definition) is 1. The highest BCUT2D eigenvalue weighted by atomic mass is 16.5. The van der Waals surface area contributed by atoms with Crippen LogP contribution in [0.3, 0.4) is 0 Å². The third kappa shape index (κ3) is 6.14. The number of rotatable bonds is 7. The van der Waals surface area contributed by atoms with Crippen LogP contribution in [0.1, 0.15) is 21.5 Å². The molecular formula is C20H21NO4. The van der Waals surface area contributed by atoms with E-state index in [1.54, 1.807) is 30.3 Å². The van der Waals surface area contributed by atoms with Crippen molar-refractivity contribution in [1.29, 1.82) is 0 Å². The fraction of sp³-hybridized carbons (Fsp3) is 0.200. The molecule has 0 heterocycles. The molecule has 25 heavy (non-hydrogen) atoms. The standard InChI is InChI=1S/C20H21NO4/c1-15-3-10-18(11-4-15)25-14-13-21-19(22)12-7-16-5-8-17(9-6-16)20(23)24-2/h3-12H,13-14H2,1-2H3,(H,21,22)/b12-7+. The maximum Gasteiger partial charge on any atom is 0.337 e. The van der Waals surface area contributed by atoms with Gasteiger partial charge in [-0.3, -0.25) is 4.79 Å². The molecule has 2 aromatic rings. The van der Waals surface area contributed by atoms with Gasteiger partial charge in [-0.15, -0.1) is 0 Å². The summed E-state index contributed by atoms with van der Waals surface area (Å²) >= 11 is 0. The van der Waals surface area contributed by atoms with Gasteiger partial charge in [0.1, 0.15) is 12.4 Å². The number of amides is 1. The highest BCUT2D eigenvalue weighted by Gasteiger charge is 2.03. The number of carbonyl (C=O) groups is 2. The second-order valence-corrected chi connectivity index (χ2v) is 5.40. The normalized spacial score (nSPS) is 10.5. The van der Waals surface area contributed by atoms with Crippen molar-refractivity contribution in [1.82, 2.24) is 5.32 Å². The quantitative estimate of drug-likeness (QED) is 0.478. The van der Waals surface area contributed by atoms with Crippen molar-refractivity contribution in [2.45, 2.75) is 6.92 Å². The number of esters is 1. The molecule has 5 nitrogen and oxygen atoms in total. The van der Waals surface area contributed by atoms with E-state index in [4.69, 9.17) is 4.74 Å². The molecule has 1 N–H and O–H groups in total. The fourth-order valence-corrected chi connectivity index (χ4v) is 2.06. The molecule has 0 aliphatic heterocycles. The summed E-state index contributed by atoms with van der Waals surface area (Å²) in [5, 5.41) is 2.75. The van der Waals surface area contributed by atoms with E-state index in [0.29, 0.717) is 18.7 Å². The van der Waals surface area contributed by atoms with Crippen LogP contribution in [0.4, 0.5) is 0 Å². The van der Waals surface area contributed by atoms with Gasteiger partial charge in [-0.2, -0.15) is 0 Å². The Morgan fingerprint density at radius 1 is 1.04 bits per heavy atom. The summed E-state index contributed by atoms with van der Waals surface area (Å²) in [5.74, 6) is 0.187. The largest absolute Gasteiger partial charge is 0.492 e. The van der Waals surface area contributed by atoms with Gasteiger partial charge in [-0.05, 0) is 42.8 Å². The molecule has 0 radical (unpaired) electrons. The van der Waals surface area contributed by atoms with Gasteiger partial charge in [0.05, 0.1) is 19.2 Å². The van der Waals surface area contributed by atoms with E-state index < -0.39 is 0 Å². The second-order valence-electron chi connectivity index (χ2n) is 5.40. The zero-order valence-corrected chi connectivity index (χ0v) is 14.3. The predicted octanol–water partition coefficient (Wildman–Crippen LogP) is 2.99. The third-order valence-corrected chi connectivity index (χ3v) is 3.45. The summed E-state index contributed by atoms with van der Waals surface area (Å²) in [7, 11) is 1.34. The number of methoxy groups -OCH3 is 1. The molecule has 2 aromatic carbocycles. The van der Waals surface area contributed by atoms with Gasteiger partial charge in [0.15, 0.2) is 0 Å². The lowest BCUT2D eigenvalue weighted by Crippen LogP contribution is -2.26. The van der Waals surface area contributed by atoms with Gasteiger partial charge in [0.25, 0.3) is 0 Å². The number of benzene rings is 2. The first kappa shape index (κ1) is 18.3. The number of hydrogen-bond acceptors (Lipinski definition) is 4. The summed E-state index contributed by atoms with van der Waals surface area (Å²) in [5.41, 5.74) is 2.46. The van der Waals surface area contributed by atoms with Gasteiger partial charge < -0.3 is 14.8 Å². The minimum absolute atomic E-state index is 0.204. The minimum Gasteiger partial charge on any atom is -0.492 e. The Balaban J connectivity index is 1.73. The van der Waals surface area contributed by atoms with Gasteiger partial charge in [-0.1, -0.05) is 29.8 Å². The summed E-state index contributed by atoms with van der Waals surface area (Å²) in [6, 6.07) is 14.5. The van der Waals surface area contributed by atoms with E-state index in [2.05, 4.69) is 10.1 Å². The summed E-state index contributed by atoms with van der Waals surface area (Å²) in [6.07, 6.45) is 3.12. The maximum absolute atomic E-state index is 11.8. The molecule has 2 rings (SSSR count). The summed E-state index contributed by atoms with van der Waals surface area (Å²) < 4.78 is 10.2. The first-order valence-corrected chi connectivity index (χ1v) is 7.92. The van der Waals surface area contributed by atoms with Crippen molar-refractivity contribution in [2.75, 3.05) is 20.3 Å². The van der Waals surface area contributed by atoms with Crippen LogP contribution in [0.25, 0.3) is 6.08 Å². The van der Waals surface area contributed by atoms with E-state index in [-0.39, 0.29) is 11.9 Å². The Bertz CT molecular complexity index is 733. The number of carbonyl (C=O) groups excluding carboxylic acids is 2. The Kier molecular flexibility index (Phi) is 6.77. The highest BCUT2D eigenvalue weighted by molar-refractivity contribution is 5.92. The van der Waals surface area contributed by atoms with Crippen molar-refractivity contribution >= 4 is 18.0 Å². The Hall–Kier alpha value is -3.08. The zero-order chi connectivity index (χ0) is 18.1. The molecule has 0 unspecified atom stereocenters. The SMILES string of the molecule is COC(=O)c1ccc(/C=C/C(=O)NCCOc2ccc(C)cc2)cc1. The van der Waals surface area contributed by atoms with Crippen LogP contribution in [0.2, 0.25) is 0 Å². The molecular weight excluding hydrogens is 318 g/mol. The molecule has 0 spiro atoms. The molecule has 0 aliphatic rings. The minimum atomic E-state index is -0.387. The van der Waals surface area contributed by atoms with Crippen LogP contribution in [-0.4, -0.2) is 32.1 Å². The molecule has 1 amide bonds. The van der Waals surface area contributed by atoms with E-state index >= 15 is 0 Å². The van der Waals surface area contributed by atoms with Gasteiger partial charge >= 0.3 is 5.97 Å². The molecule has 0 bridgehead atoms. The topological polar surface area (TPSA) is 64.6 Å². The average Bonchev–Trinajstić information content (AvgIpc) is 2.64. The van der Waals surface area contributed by atoms with Crippen LogP contribution in [0.5, 0.6) is 5.75 Å². The second kappa shape index (κ2) is 9.27. The van der Waals surface area contributed by atoms with Crippen molar-refractivity contribution < 1.29 is 19.1 Å². The Morgan fingerprint density at radius 2 is 1.72 bits per heavy atom. The highest BCUT2D eigenvalue weighted by Crippen LogP contribution is 2.10. The fourth-order valence-electron chi connectivity index (χ4n) is 2.06. The Morgan fingerprint density at radius 3 is 2.36 bits per heavy atom. The lowest BCUT2D eigenvalue weighted by molar-refractivity contribution is -0.116. The monoisotopic (exact) mass is 339 g/mol. The molecule has 130 valence electrons. The molecule has 0 aromatic heterocycles. The number of aryl methyl sites for hydroxylation is 1. The molecule has 0 atom stereocenters. The first-order chi connectivity index (χ1) is 12.1. The van der Waals surface area contributed by atoms with Crippen molar-refractivity contribution in [3.8, 4) is 5.75 Å². The average molecular weight is 339 g/mol. The molecule has 0 saturated heterocycles. The van der Waals surface area contributed by atoms with Gasteiger partial charge in [-0.25, -0.2) is 4.79 Å². The van der Waals surface area contributed by atoms with Crippen molar-refractivity contribution in [3.05, 3.63) is 71.3 Å². The van der Waals surface area contributed by atoms with E-state index in [9.17, 15) is 9.59 Å². The molecule has 0 aliphatic carbocycles. The van der Waals surface area contributed by atoms with Crippen molar-refractivity contribution in [2.24, 2.45) is 0 Å². The summed E-state index contributed by atoms with van der Waals surface area (Å²) in [6.45, 7) is 2.83. The summed E-state index contributed by atoms with van der Waals surface area (Å²) in [4.78, 5) is 23.1. The number of nitrogens with one attached hydrogen (secondary N) is 1. The Labute approximate surface area is 147 Å². The molecule has 0 saturated carbocycles. The maximum atomic E-state index is 11.8. The first-order valence-electron chi connectivity index (χ1n) is 7.92. The zero-order valence-electron chi connectivity index (χ0n) is 14.3. The van der Waals surface area contributed by atoms with Crippen LogP contribution in [-0.2, 0) is 9.53 Å². The third-order valence-electron chi connectivity index (χ3n) is 3.45.